The van der Waals surface area contributed by atoms with E-state index in [9.17, 15) is 14.7 Å². The smallest absolute Gasteiger partial charge is 0.338 e. The van der Waals surface area contributed by atoms with Gasteiger partial charge in [-0.25, -0.2) is 4.79 Å². The zero-order chi connectivity index (χ0) is 24.5. The summed E-state index contributed by atoms with van der Waals surface area (Å²) in [5.41, 5.74) is 0.869. The topological polar surface area (TPSA) is 82.1 Å². The van der Waals surface area contributed by atoms with Crippen LogP contribution in [-0.2, 0) is 18.7 Å². The molecule has 32 heavy (non-hydrogen) atoms. The van der Waals surface area contributed by atoms with Crippen molar-refractivity contribution < 1.29 is 28.6 Å². The maximum Gasteiger partial charge on any atom is 0.338 e. The molecule has 0 aliphatic rings. The fraction of sp³-hybridized carbons (Fsp3) is 0.680. The predicted molar refractivity (Wildman–Crippen MR) is 129 cm³/mol. The van der Waals surface area contributed by atoms with Gasteiger partial charge in [0, 0.05) is 18.9 Å². The van der Waals surface area contributed by atoms with Crippen molar-refractivity contribution in [2.45, 2.75) is 90.5 Å². The van der Waals surface area contributed by atoms with Crippen LogP contribution in [0.15, 0.2) is 30.3 Å². The lowest BCUT2D eigenvalue weighted by molar-refractivity contribution is -0.130. The number of methoxy groups -OCH3 is 1. The molecule has 6 nitrogen and oxygen atoms in total. The molecular weight excluding hydrogens is 424 g/mol. The van der Waals surface area contributed by atoms with Crippen molar-refractivity contribution in [3.05, 3.63) is 35.9 Å². The molecule has 0 amide bonds. The van der Waals surface area contributed by atoms with Crippen LogP contribution in [0.2, 0.25) is 17.6 Å². The first-order chi connectivity index (χ1) is 15.1. The number of esters is 1. The number of carbonyl (C=O) groups excluding carboxylic acids is 2. The van der Waals surface area contributed by atoms with Crippen LogP contribution in [0.4, 0.5) is 0 Å². The van der Waals surface area contributed by atoms with E-state index in [1.807, 2.05) is 26.8 Å². The molecule has 1 aromatic rings. The van der Waals surface area contributed by atoms with Crippen LogP contribution in [0.1, 0.15) is 58.8 Å². The number of aliphatic hydroxyl groups is 1. The van der Waals surface area contributed by atoms with Crippen LogP contribution in [0.3, 0.4) is 0 Å². The van der Waals surface area contributed by atoms with Crippen molar-refractivity contribution in [3.63, 3.8) is 0 Å². The predicted octanol–water partition coefficient (Wildman–Crippen LogP) is 4.86. The maximum atomic E-state index is 12.6. The average molecular weight is 467 g/mol. The van der Waals surface area contributed by atoms with E-state index in [-0.39, 0.29) is 5.92 Å². The first-order valence-electron chi connectivity index (χ1n) is 11.7. The molecule has 0 aliphatic heterocycles. The Morgan fingerprint density at radius 2 is 1.59 bits per heavy atom. The molecule has 182 valence electrons. The Morgan fingerprint density at radius 3 is 2.03 bits per heavy atom. The highest BCUT2D eigenvalue weighted by Crippen LogP contribution is 2.36. The highest BCUT2D eigenvalue weighted by atomic mass is 28.4. The normalized spacial score (nSPS) is 17.8. The lowest BCUT2D eigenvalue weighted by Crippen LogP contribution is -2.52. The summed E-state index contributed by atoms with van der Waals surface area (Å²) in [5, 5.41) is 10.9. The lowest BCUT2D eigenvalue weighted by atomic mass is 9.85. The first-order valence-corrected chi connectivity index (χ1v) is 14.1. The number of benzene rings is 1. The van der Waals surface area contributed by atoms with Gasteiger partial charge < -0.3 is 23.8 Å². The molecule has 0 fully saturated rings. The highest BCUT2D eigenvalue weighted by Gasteiger charge is 2.44. The number of aliphatic hydroxyl groups excluding tert-OH is 1. The number of aldehydes is 1. The molecule has 0 unspecified atom stereocenters. The van der Waals surface area contributed by atoms with Gasteiger partial charge in [0.2, 0.25) is 0 Å². The molecule has 0 aliphatic carbocycles. The van der Waals surface area contributed by atoms with Gasteiger partial charge in [-0.05, 0) is 36.7 Å². The minimum atomic E-state index is -2.14. The highest BCUT2D eigenvalue weighted by molar-refractivity contribution is 6.75. The van der Waals surface area contributed by atoms with Crippen LogP contribution in [0.5, 0.6) is 0 Å². The second-order valence-corrected chi connectivity index (χ2v) is 14.0. The standard InChI is InChI=1S/C25H42O6Si/c1-9-32(10-2,17(3)4)31-24(19(6)23(27)22(16-26)29-8)18(5)20(7)30-25(28)21-14-12-11-13-15-21/h11-20,22-24,27H,9-10H2,1-8H3/t18-,19-,20-,22+,23-,24+/m1/s1. The van der Waals surface area contributed by atoms with Gasteiger partial charge >= 0.3 is 5.97 Å². The van der Waals surface area contributed by atoms with Gasteiger partial charge in [-0.2, -0.15) is 0 Å². The minimum Gasteiger partial charge on any atom is -0.459 e. The molecule has 1 aromatic carbocycles. The quantitative estimate of drug-likeness (QED) is 0.240. The summed E-state index contributed by atoms with van der Waals surface area (Å²) in [6, 6.07) is 10.8. The molecular formula is C25H42O6Si. The molecule has 6 atom stereocenters. The van der Waals surface area contributed by atoms with Crippen LogP contribution in [-0.4, -0.2) is 57.2 Å². The maximum absolute atomic E-state index is 12.6. The number of hydrogen-bond donors (Lipinski definition) is 1. The van der Waals surface area contributed by atoms with Crippen molar-refractivity contribution in [1.29, 1.82) is 0 Å². The molecule has 0 saturated carbocycles. The van der Waals surface area contributed by atoms with E-state index in [1.54, 1.807) is 24.3 Å². The summed E-state index contributed by atoms with van der Waals surface area (Å²) in [4.78, 5) is 24.1. The second kappa shape index (κ2) is 13.2. The van der Waals surface area contributed by atoms with Gasteiger partial charge in [0.1, 0.15) is 12.2 Å². The lowest BCUT2D eigenvalue weighted by Gasteiger charge is -2.44. The Morgan fingerprint density at radius 1 is 1.03 bits per heavy atom. The number of rotatable bonds is 14. The van der Waals surface area contributed by atoms with Crippen LogP contribution in [0.25, 0.3) is 0 Å². The summed E-state index contributed by atoms with van der Waals surface area (Å²) in [7, 11) is -0.734. The molecule has 0 aromatic heterocycles. The van der Waals surface area contributed by atoms with Crippen LogP contribution < -0.4 is 0 Å². The molecule has 0 saturated heterocycles. The Hall–Kier alpha value is -1.54. The van der Waals surface area contributed by atoms with Gasteiger partial charge in [0.25, 0.3) is 0 Å². The second-order valence-electron chi connectivity index (χ2n) is 9.03. The van der Waals surface area contributed by atoms with Gasteiger partial charge in [-0.15, -0.1) is 0 Å². The average Bonchev–Trinajstić information content (AvgIpc) is 2.80. The van der Waals surface area contributed by atoms with E-state index in [1.165, 1.54) is 7.11 Å². The Balaban J connectivity index is 3.21. The zero-order valence-corrected chi connectivity index (χ0v) is 21.9. The third-order valence-corrected chi connectivity index (χ3v) is 12.2. The van der Waals surface area contributed by atoms with Crippen molar-refractivity contribution in [2.75, 3.05) is 7.11 Å². The monoisotopic (exact) mass is 466 g/mol. The van der Waals surface area contributed by atoms with Crippen LogP contribution in [0, 0.1) is 11.8 Å². The number of carbonyl (C=O) groups is 2. The summed E-state index contributed by atoms with van der Waals surface area (Å²) in [5.74, 6) is -1.00. The third-order valence-electron chi connectivity index (χ3n) is 6.98. The molecule has 1 rings (SSSR count). The molecule has 0 heterocycles. The van der Waals surface area contributed by atoms with E-state index in [4.69, 9.17) is 13.9 Å². The Kier molecular flexibility index (Phi) is 11.8. The van der Waals surface area contributed by atoms with Gasteiger partial charge in [0.15, 0.2) is 14.6 Å². The summed E-state index contributed by atoms with van der Waals surface area (Å²) < 4.78 is 17.9. The molecule has 0 bridgehead atoms. The molecule has 7 heteroatoms. The summed E-state index contributed by atoms with van der Waals surface area (Å²) >= 11 is 0. The van der Waals surface area contributed by atoms with E-state index in [0.29, 0.717) is 17.4 Å². The third kappa shape index (κ3) is 6.98. The zero-order valence-electron chi connectivity index (χ0n) is 20.9. The first kappa shape index (κ1) is 28.5. The minimum absolute atomic E-state index is 0.208. The van der Waals surface area contributed by atoms with Gasteiger partial charge in [-0.3, -0.25) is 0 Å². The van der Waals surface area contributed by atoms with E-state index in [0.717, 1.165) is 12.1 Å². The van der Waals surface area contributed by atoms with E-state index in [2.05, 4.69) is 27.7 Å². The Bertz CT molecular complexity index is 691. The number of ether oxygens (including phenoxy) is 2. The fourth-order valence-corrected chi connectivity index (χ4v) is 8.00. The van der Waals surface area contributed by atoms with E-state index >= 15 is 0 Å². The molecule has 1 N–H and O–H groups in total. The molecule has 0 spiro atoms. The van der Waals surface area contributed by atoms with Gasteiger partial charge in [0.05, 0.1) is 17.8 Å². The largest absolute Gasteiger partial charge is 0.459 e. The summed E-state index contributed by atoms with van der Waals surface area (Å²) in [6.45, 7) is 14.4. The van der Waals surface area contributed by atoms with E-state index < -0.39 is 44.6 Å². The van der Waals surface area contributed by atoms with Gasteiger partial charge in [-0.1, -0.05) is 59.7 Å². The fourth-order valence-electron chi connectivity index (χ4n) is 4.29. The number of hydrogen-bond acceptors (Lipinski definition) is 6. The Labute approximate surface area is 194 Å². The van der Waals surface area contributed by atoms with Crippen molar-refractivity contribution in [1.82, 2.24) is 0 Å². The van der Waals surface area contributed by atoms with Crippen molar-refractivity contribution in [3.8, 4) is 0 Å². The SMILES string of the molecule is CC[Si](CC)(O[C@H]([C@H](C)[C@@H](O)[C@H](C=O)OC)[C@H](C)[C@@H](C)OC(=O)c1ccccc1)C(C)C. The molecule has 0 radical (unpaired) electrons. The van der Waals surface area contributed by atoms with Crippen molar-refractivity contribution >= 4 is 20.6 Å². The van der Waals surface area contributed by atoms with Crippen LogP contribution >= 0.6 is 0 Å². The summed E-state index contributed by atoms with van der Waals surface area (Å²) in [6.07, 6.45) is -2.21. The van der Waals surface area contributed by atoms with Crippen molar-refractivity contribution in [2.24, 2.45) is 11.8 Å².